The second-order valence-corrected chi connectivity index (χ2v) is 2.94. The Kier molecular flexibility index (Phi) is 1.11. The molecule has 0 saturated carbocycles. The highest BCUT2D eigenvalue weighted by Gasteiger charge is 2.01. The van der Waals surface area contributed by atoms with E-state index in [0.717, 1.165) is 22.1 Å². The van der Waals surface area contributed by atoms with Crippen molar-refractivity contribution in [3.05, 3.63) is 23.2 Å². The molecule has 2 aromatic rings. The molecule has 2 rings (SSSR count). The lowest BCUT2D eigenvalue weighted by Gasteiger charge is -1.74. The van der Waals surface area contributed by atoms with Crippen molar-refractivity contribution < 1.29 is 4.79 Å². The second kappa shape index (κ2) is 1.95. The van der Waals surface area contributed by atoms with Gasteiger partial charge in [-0.1, -0.05) is 0 Å². The van der Waals surface area contributed by atoms with E-state index in [1.807, 2.05) is 11.4 Å². The highest BCUT2D eigenvalue weighted by atomic mass is 32.1. The number of thiophene rings is 1. The van der Waals surface area contributed by atoms with E-state index in [4.69, 9.17) is 0 Å². The molecule has 0 aromatic carbocycles. The molecule has 0 saturated heterocycles. The van der Waals surface area contributed by atoms with Crippen molar-refractivity contribution in [2.24, 2.45) is 0 Å². The van der Waals surface area contributed by atoms with Gasteiger partial charge in [0, 0.05) is 11.8 Å². The normalized spacial score (nSPS) is 10.4. The first-order valence-electron chi connectivity index (χ1n) is 2.91. The van der Waals surface area contributed by atoms with Gasteiger partial charge in [0.15, 0.2) is 6.29 Å². The molecular formula is C7H5NOS. The number of fused-ring (bicyclic) bond motifs is 1. The number of aldehydes is 1. The van der Waals surface area contributed by atoms with Crippen molar-refractivity contribution in [3.63, 3.8) is 0 Å². The van der Waals surface area contributed by atoms with E-state index in [0.29, 0.717) is 0 Å². The second-order valence-electron chi connectivity index (χ2n) is 2.03. The minimum Gasteiger partial charge on any atom is -0.360 e. The van der Waals surface area contributed by atoms with Crippen LogP contribution in [0.1, 0.15) is 10.4 Å². The van der Waals surface area contributed by atoms with E-state index in [9.17, 15) is 4.79 Å². The summed E-state index contributed by atoms with van der Waals surface area (Å²) in [5.74, 6) is 0. The third kappa shape index (κ3) is 0.609. The number of aromatic nitrogens is 1. The monoisotopic (exact) mass is 151 g/mol. The van der Waals surface area contributed by atoms with Gasteiger partial charge in [-0.05, 0) is 11.4 Å². The van der Waals surface area contributed by atoms with Gasteiger partial charge in [-0.25, -0.2) is 0 Å². The van der Waals surface area contributed by atoms with E-state index >= 15 is 0 Å². The van der Waals surface area contributed by atoms with Crippen LogP contribution in [0.4, 0.5) is 0 Å². The van der Waals surface area contributed by atoms with Gasteiger partial charge in [-0.3, -0.25) is 4.79 Å². The Balaban J connectivity index is 2.88. The Bertz CT molecular complexity index is 360. The summed E-state index contributed by atoms with van der Waals surface area (Å²) in [6.45, 7) is 0. The third-order valence-electron chi connectivity index (χ3n) is 1.44. The number of nitrogens with one attached hydrogen (secondary N) is 1. The third-order valence-corrected chi connectivity index (χ3v) is 2.40. The van der Waals surface area contributed by atoms with Gasteiger partial charge in [0.05, 0.1) is 10.2 Å². The predicted octanol–water partition coefficient (Wildman–Crippen LogP) is 2.04. The van der Waals surface area contributed by atoms with E-state index < -0.39 is 0 Å². The maximum atomic E-state index is 10.4. The average molecular weight is 151 g/mol. The Hall–Kier alpha value is -1.09. The van der Waals surface area contributed by atoms with Crippen LogP contribution in [0.15, 0.2) is 17.6 Å². The van der Waals surface area contributed by atoms with E-state index in [1.54, 1.807) is 17.5 Å². The molecule has 0 aliphatic rings. The number of hydrogen-bond donors (Lipinski definition) is 1. The Labute approximate surface area is 61.5 Å². The highest BCUT2D eigenvalue weighted by molar-refractivity contribution is 7.17. The fourth-order valence-electron chi connectivity index (χ4n) is 0.955. The molecule has 0 aliphatic heterocycles. The summed E-state index contributed by atoms with van der Waals surface area (Å²) in [5, 5.41) is 1.97. The lowest BCUT2D eigenvalue weighted by molar-refractivity contribution is 0.112. The van der Waals surface area contributed by atoms with Crippen molar-refractivity contribution in [1.82, 2.24) is 4.98 Å². The van der Waals surface area contributed by atoms with Crippen LogP contribution in [0, 0.1) is 0 Å². The zero-order valence-electron chi connectivity index (χ0n) is 5.13. The summed E-state index contributed by atoms with van der Waals surface area (Å²) in [6.07, 6.45) is 2.60. The molecule has 50 valence electrons. The first-order valence-corrected chi connectivity index (χ1v) is 3.79. The van der Waals surface area contributed by atoms with Crippen LogP contribution in [-0.4, -0.2) is 11.3 Å². The van der Waals surface area contributed by atoms with Crippen molar-refractivity contribution in [3.8, 4) is 0 Å². The highest BCUT2D eigenvalue weighted by Crippen LogP contribution is 2.22. The molecule has 10 heavy (non-hydrogen) atoms. The molecule has 0 bridgehead atoms. The van der Waals surface area contributed by atoms with Gasteiger partial charge < -0.3 is 4.98 Å². The smallest absolute Gasteiger partial charge is 0.153 e. The summed E-state index contributed by atoms with van der Waals surface area (Å²) in [7, 11) is 0. The lowest BCUT2D eigenvalue weighted by atomic mass is 10.3. The van der Waals surface area contributed by atoms with E-state index in [1.165, 1.54) is 0 Å². The summed E-state index contributed by atoms with van der Waals surface area (Å²) in [4.78, 5) is 13.4. The average Bonchev–Trinajstić information content (AvgIpc) is 2.44. The summed E-state index contributed by atoms with van der Waals surface area (Å²) >= 11 is 1.58. The Morgan fingerprint density at radius 2 is 2.50 bits per heavy atom. The van der Waals surface area contributed by atoms with Gasteiger partial charge in [0.1, 0.15) is 0 Å². The Morgan fingerprint density at radius 3 is 3.30 bits per heavy atom. The topological polar surface area (TPSA) is 32.9 Å². The molecule has 1 N–H and O–H groups in total. The van der Waals surface area contributed by atoms with Crippen LogP contribution in [0.3, 0.4) is 0 Å². The number of hydrogen-bond acceptors (Lipinski definition) is 2. The first kappa shape index (κ1) is 5.68. The van der Waals surface area contributed by atoms with Crippen LogP contribution < -0.4 is 0 Å². The molecule has 0 unspecified atom stereocenters. The molecule has 0 aliphatic carbocycles. The predicted molar refractivity (Wildman–Crippen MR) is 41.6 cm³/mol. The van der Waals surface area contributed by atoms with E-state index in [-0.39, 0.29) is 0 Å². The van der Waals surface area contributed by atoms with Crippen LogP contribution in [0.25, 0.3) is 10.2 Å². The summed E-state index contributed by atoms with van der Waals surface area (Å²) < 4.78 is 1.05. The molecule has 2 nitrogen and oxygen atoms in total. The zero-order valence-corrected chi connectivity index (χ0v) is 5.94. The number of H-pyrrole nitrogens is 1. The number of aromatic amines is 1. The van der Waals surface area contributed by atoms with Crippen LogP contribution in [0.5, 0.6) is 0 Å². The minimum absolute atomic E-state index is 0.755. The van der Waals surface area contributed by atoms with Crippen molar-refractivity contribution in [2.75, 3.05) is 0 Å². The molecule has 3 heteroatoms. The van der Waals surface area contributed by atoms with Crippen molar-refractivity contribution >= 4 is 27.8 Å². The Morgan fingerprint density at radius 1 is 1.60 bits per heavy atom. The SMILES string of the molecule is O=Cc1c[nH]c2ccsc12. The van der Waals surface area contributed by atoms with Crippen molar-refractivity contribution in [1.29, 1.82) is 0 Å². The van der Waals surface area contributed by atoms with E-state index in [2.05, 4.69) is 4.98 Å². The van der Waals surface area contributed by atoms with Gasteiger partial charge in [0.2, 0.25) is 0 Å². The molecule has 0 fully saturated rings. The largest absolute Gasteiger partial charge is 0.360 e. The fourth-order valence-corrected chi connectivity index (χ4v) is 1.79. The zero-order chi connectivity index (χ0) is 6.97. The molecule has 0 atom stereocenters. The number of carbonyl (C=O) groups excluding carboxylic acids is 1. The van der Waals surface area contributed by atoms with Crippen LogP contribution in [-0.2, 0) is 0 Å². The fraction of sp³-hybridized carbons (Fsp3) is 0. The maximum Gasteiger partial charge on any atom is 0.153 e. The summed E-state index contributed by atoms with van der Waals surface area (Å²) in [6, 6.07) is 1.97. The molecule has 2 aromatic heterocycles. The van der Waals surface area contributed by atoms with Crippen LogP contribution >= 0.6 is 11.3 Å². The maximum absolute atomic E-state index is 10.4. The molecule has 0 amide bonds. The molecule has 2 heterocycles. The van der Waals surface area contributed by atoms with Gasteiger partial charge in [-0.2, -0.15) is 0 Å². The van der Waals surface area contributed by atoms with Gasteiger partial charge in [-0.15, -0.1) is 11.3 Å². The number of carbonyl (C=O) groups is 1. The minimum atomic E-state index is 0.755. The number of rotatable bonds is 1. The van der Waals surface area contributed by atoms with Crippen LogP contribution in [0.2, 0.25) is 0 Å². The lowest BCUT2D eigenvalue weighted by Crippen LogP contribution is -1.68. The molecule has 0 radical (unpaired) electrons. The standard InChI is InChI=1S/C7H5NOS/c9-4-5-3-8-6-1-2-10-7(5)6/h1-4,8H. The first-order chi connectivity index (χ1) is 4.92. The quantitative estimate of drug-likeness (QED) is 0.621. The van der Waals surface area contributed by atoms with Gasteiger partial charge in [0.25, 0.3) is 0 Å². The van der Waals surface area contributed by atoms with Crippen molar-refractivity contribution in [2.45, 2.75) is 0 Å². The van der Waals surface area contributed by atoms with Gasteiger partial charge >= 0.3 is 0 Å². The molecular weight excluding hydrogens is 146 g/mol. The summed E-state index contributed by atoms with van der Waals surface area (Å²) in [5.41, 5.74) is 1.80. The molecule has 0 spiro atoms.